The highest BCUT2D eigenvalue weighted by atomic mass is 16.6. The van der Waals surface area contributed by atoms with Crippen molar-refractivity contribution in [2.75, 3.05) is 13.1 Å². The van der Waals surface area contributed by atoms with Gasteiger partial charge in [-0.3, -0.25) is 9.59 Å². The second-order valence-electron chi connectivity index (χ2n) is 11.6. The molecule has 0 aliphatic heterocycles. The molecule has 0 heterocycles. The Kier molecular flexibility index (Phi) is 15.3. The third-order valence-electron chi connectivity index (χ3n) is 6.26. The number of terminal acetylenes is 1. The predicted octanol–water partition coefficient (Wildman–Crippen LogP) is 6.36. The molecule has 0 saturated heterocycles. The normalized spacial score (nSPS) is 12.8. The van der Waals surface area contributed by atoms with Crippen molar-refractivity contribution in [3.8, 4) is 12.3 Å². The molecule has 0 radical (unpaired) electrons. The standard InChI is InChI=1S/C32H51N3O4/c1-9-12-14-16-22-35(30(37)27(23-24(4)5)34-31(38)39-32(6,7)8)28(29(36)33-21-15-13-10-2)26-19-17-25(11-3)18-20-26/h3,17-20,24,27-28H,9-10,12-16,21-23H2,1-2,4-8H3,(H,33,36)(H,34,38). The Morgan fingerprint density at radius 3 is 2.13 bits per heavy atom. The molecule has 2 atom stereocenters. The summed E-state index contributed by atoms with van der Waals surface area (Å²) >= 11 is 0. The second kappa shape index (κ2) is 17.6. The molecule has 1 aromatic carbocycles. The number of ether oxygens (including phenoxy) is 1. The Bertz CT molecular complexity index is 928. The number of alkyl carbamates (subject to hydrolysis) is 1. The van der Waals surface area contributed by atoms with Crippen LogP contribution >= 0.6 is 0 Å². The highest BCUT2D eigenvalue weighted by Gasteiger charge is 2.36. The Balaban J connectivity index is 3.45. The van der Waals surface area contributed by atoms with E-state index in [1.54, 1.807) is 37.8 Å². The monoisotopic (exact) mass is 541 g/mol. The molecule has 2 unspecified atom stereocenters. The van der Waals surface area contributed by atoms with Crippen molar-refractivity contribution in [2.24, 2.45) is 5.92 Å². The van der Waals surface area contributed by atoms with E-state index >= 15 is 0 Å². The van der Waals surface area contributed by atoms with E-state index in [0.717, 1.165) is 44.9 Å². The lowest BCUT2D eigenvalue weighted by atomic mass is 9.98. The molecule has 7 heteroatoms. The van der Waals surface area contributed by atoms with Crippen LogP contribution in [0.3, 0.4) is 0 Å². The molecule has 3 amide bonds. The number of rotatable bonds is 16. The predicted molar refractivity (Wildman–Crippen MR) is 158 cm³/mol. The van der Waals surface area contributed by atoms with Gasteiger partial charge in [-0.25, -0.2) is 4.79 Å². The molecular formula is C32H51N3O4. The summed E-state index contributed by atoms with van der Waals surface area (Å²) in [4.78, 5) is 42.3. The van der Waals surface area contributed by atoms with Crippen molar-refractivity contribution >= 4 is 17.9 Å². The van der Waals surface area contributed by atoms with Crippen LogP contribution in [0.2, 0.25) is 0 Å². The van der Waals surface area contributed by atoms with Crippen molar-refractivity contribution < 1.29 is 19.1 Å². The van der Waals surface area contributed by atoms with Crippen LogP contribution in [0.15, 0.2) is 24.3 Å². The van der Waals surface area contributed by atoms with Crippen LogP contribution in [0.4, 0.5) is 4.79 Å². The SMILES string of the molecule is C#Cc1ccc(C(C(=O)NCCCCC)N(CCCCCC)C(=O)C(CC(C)C)NC(=O)OC(C)(C)C)cc1. The summed E-state index contributed by atoms with van der Waals surface area (Å²) in [6, 6.07) is 5.54. The van der Waals surface area contributed by atoms with Gasteiger partial charge in [0.1, 0.15) is 17.7 Å². The lowest BCUT2D eigenvalue weighted by Crippen LogP contribution is -2.53. The summed E-state index contributed by atoms with van der Waals surface area (Å²) in [5, 5.41) is 5.85. The Morgan fingerprint density at radius 1 is 0.974 bits per heavy atom. The molecule has 0 aliphatic carbocycles. The van der Waals surface area contributed by atoms with Crippen LogP contribution in [0, 0.1) is 18.3 Å². The van der Waals surface area contributed by atoms with Crippen molar-refractivity contribution in [1.29, 1.82) is 0 Å². The fraction of sp³-hybridized carbons (Fsp3) is 0.656. The molecule has 218 valence electrons. The second-order valence-corrected chi connectivity index (χ2v) is 11.6. The van der Waals surface area contributed by atoms with Gasteiger partial charge in [-0.2, -0.15) is 0 Å². The first-order valence-electron chi connectivity index (χ1n) is 14.6. The van der Waals surface area contributed by atoms with Gasteiger partial charge in [0.2, 0.25) is 11.8 Å². The molecule has 0 fully saturated rings. The third-order valence-corrected chi connectivity index (χ3v) is 6.26. The maximum absolute atomic E-state index is 14.2. The maximum Gasteiger partial charge on any atom is 0.408 e. The number of hydrogen-bond acceptors (Lipinski definition) is 4. The molecule has 0 aromatic heterocycles. The average Bonchev–Trinajstić information content (AvgIpc) is 2.86. The van der Waals surface area contributed by atoms with Gasteiger partial charge in [0.15, 0.2) is 0 Å². The number of hydrogen-bond donors (Lipinski definition) is 2. The summed E-state index contributed by atoms with van der Waals surface area (Å²) in [5.74, 6) is 2.22. The van der Waals surface area contributed by atoms with E-state index in [1.165, 1.54) is 0 Å². The third kappa shape index (κ3) is 13.1. The smallest absolute Gasteiger partial charge is 0.408 e. The first-order chi connectivity index (χ1) is 18.4. The van der Waals surface area contributed by atoms with E-state index in [2.05, 4.69) is 30.4 Å². The lowest BCUT2D eigenvalue weighted by molar-refractivity contribution is -0.143. The van der Waals surface area contributed by atoms with Crippen molar-refractivity contribution in [3.63, 3.8) is 0 Å². The zero-order valence-corrected chi connectivity index (χ0v) is 25.3. The Hall–Kier alpha value is -3.01. The molecule has 7 nitrogen and oxygen atoms in total. The Morgan fingerprint density at radius 2 is 1.59 bits per heavy atom. The molecule has 1 rings (SSSR count). The van der Waals surface area contributed by atoms with Crippen molar-refractivity contribution in [1.82, 2.24) is 15.5 Å². The Labute approximate surface area is 236 Å². The number of benzene rings is 1. The zero-order valence-electron chi connectivity index (χ0n) is 25.3. The first kappa shape index (κ1) is 34.0. The van der Waals surface area contributed by atoms with Crippen LogP contribution in [0.5, 0.6) is 0 Å². The van der Waals surface area contributed by atoms with Crippen molar-refractivity contribution in [2.45, 2.75) is 118 Å². The van der Waals surface area contributed by atoms with Crippen LogP contribution in [0.1, 0.15) is 117 Å². The molecule has 0 bridgehead atoms. The van der Waals surface area contributed by atoms with Gasteiger partial charge < -0.3 is 20.3 Å². The van der Waals surface area contributed by atoms with Gasteiger partial charge in [-0.15, -0.1) is 6.42 Å². The number of nitrogens with zero attached hydrogens (tertiary/aromatic N) is 1. The number of nitrogens with one attached hydrogen (secondary N) is 2. The van der Waals surface area contributed by atoms with Crippen LogP contribution < -0.4 is 10.6 Å². The first-order valence-corrected chi connectivity index (χ1v) is 14.6. The quantitative estimate of drug-likeness (QED) is 0.188. The number of carbonyl (C=O) groups is 3. The molecule has 39 heavy (non-hydrogen) atoms. The van der Waals surface area contributed by atoms with Gasteiger partial charge in [0.25, 0.3) is 0 Å². The fourth-order valence-corrected chi connectivity index (χ4v) is 4.34. The van der Waals surface area contributed by atoms with Crippen molar-refractivity contribution in [3.05, 3.63) is 35.4 Å². The number of unbranched alkanes of at least 4 members (excludes halogenated alkanes) is 5. The van der Waals surface area contributed by atoms with Crippen LogP contribution in [-0.2, 0) is 14.3 Å². The minimum Gasteiger partial charge on any atom is -0.444 e. The summed E-state index contributed by atoms with van der Waals surface area (Å²) in [6.07, 6.45) is 12.0. The van der Waals surface area contributed by atoms with E-state index in [1.807, 2.05) is 26.0 Å². The summed E-state index contributed by atoms with van der Waals surface area (Å²) < 4.78 is 5.47. The van der Waals surface area contributed by atoms with Gasteiger partial charge in [-0.05, 0) is 63.6 Å². The van der Waals surface area contributed by atoms with Gasteiger partial charge in [-0.1, -0.05) is 77.9 Å². The molecule has 2 N–H and O–H groups in total. The number of amides is 3. The van der Waals surface area contributed by atoms with Gasteiger partial charge in [0.05, 0.1) is 0 Å². The van der Waals surface area contributed by atoms with E-state index in [-0.39, 0.29) is 17.7 Å². The minimum absolute atomic E-state index is 0.132. The van der Waals surface area contributed by atoms with Gasteiger partial charge >= 0.3 is 6.09 Å². The highest BCUT2D eigenvalue weighted by molar-refractivity contribution is 5.92. The molecular weight excluding hydrogens is 490 g/mol. The largest absolute Gasteiger partial charge is 0.444 e. The fourth-order valence-electron chi connectivity index (χ4n) is 4.34. The highest BCUT2D eigenvalue weighted by Crippen LogP contribution is 2.25. The minimum atomic E-state index is -0.845. The van der Waals surface area contributed by atoms with E-state index in [4.69, 9.17) is 11.2 Å². The molecule has 0 saturated carbocycles. The average molecular weight is 542 g/mol. The zero-order chi connectivity index (χ0) is 29.4. The van der Waals surface area contributed by atoms with E-state index in [0.29, 0.717) is 30.6 Å². The van der Waals surface area contributed by atoms with Gasteiger partial charge in [0, 0.05) is 18.7 Å². The van der Waals surface area contributed by atoms with E-state index in [9.17, 15) is 14.4 Å². The van der Waals surface area contributed by atoms with Crippen LogP contribution in [0.25, 0.3) is 0 Å². The topological polar surface area (TPSA) is 87.7 Å². The lowest BCUT2D eigenvalue weighted by Gasteiger charge is -2.35. The summed E-state index contributed by atoms with van der Waals surface area (Å²) in [5.41, 5.74) is 0.687. The van der Waals surface area contributed by atoms with Crippen LogP contribution in [-0.4, -0.2) is 47.5 Å². The molecule has 0 spiro atoms. The number of carbonyl (C=O) groups excluding carboxylic acids is 3. The summed E-state index contributed by atoms with van der Waals surface area (Å²) in [6.45, 7) is 14.5. The maximum atomic E-state index is 14.2. The molecule has 0 aliphatic rings. The van der Waals surface area contributed by atoms with E-state index < -0.39 is 23.8 Å². The summed E-state index contributed by atoms with van der Waals surface area (Å²) in [7, 11) is 0. The molecule has 1 aromatic rings.